The molecule has 1 heterocycles. The third-order valence-corrected chi connectivity index (χ3v) is 3.43. The lowest BCUT2D eigenvalue weighted by molar-refractivity contribution is -0.122. The number of carbonyl (C=O) groups excluding carboxylic acids is 1. The van der Waals surface area contributed by atoms with Gasteiger partial charge in [0.2, 0.25) is 5.91 Å². The Morgan fingerprint density at radius 3 is 2.56 bits per heavy atom. The topological polar surface area (TPSA) is 41.1 Å². The Labute approximate surface area is 94.0 Å². The third kappa shape index (κ3) is 3.14. The molecule has 0 spiro atoms. The summed E-state index contributed by atoms with van der Waals surface area (Å²) >= 11 is 0. The van der Waals surface area contributed by atoms with Gasteiger partial charge in [-0.2, -0.15) is 0 Å². The first-order valence-corrected chi connectivity index (χ1v) is 5.93. The number of nitrogens with one attached hydrogen (secondary N) is 2. The van der Waals surface area contributed by atoms with Gasteiger partial charge >= 0.3 is 0 Å². The van der Waals surface area contributed by atoms with Gasteiger partial charge in [-0.25, -0.2) is 8.78 Å². The molecule has 0 aromatic heterocycles. The maximum atomic E-state index is 12.6. The van der Waals surface area contributed by atoms with E-state index in [0.29, 0.717) is 12.5 Å². The van der Waals surface area contributed by atoms with Crippen LogP contribution in [0.4, 0.5) is 8.78 Å². The van der Waals surface area contributed by atoms with Gasteiger partial charge in [-0.3, -0.25) is 4.79 Å². The molecule has 2 N–H and O–H groups in total. The SMILES string of the molecule is O=C(C[C@H]1CC1(F)F)NCC1CCNCC1. The molecule has 1 aliphatic carbocycles. The average Bonchev–Trinajstić information content (AvgIpc) is 2.84. The maximum absolute atomic E-state index is 12.6. The van der Waals surface area contributed by atoms with E-state index in [9.17, 15) is 13.6 Å². The second-order valence-corrected chi connectivity index (χ2v) is 4.86. The summed E-state index contributed by atoms with van der Waals surface area (Å²) in [6.07, 6.45) is 1.98. The monoisotopic (exact) mass is 232 g/mol. The minimum atomic E-state index is -2.58. The number of halogens is 2. The molecule has 0 unspecified atom stereocenters. The van der Waals surface area contributed by atoms with Crippen LogP contribution in [0.15, 0.2) is 0 Å². The van der Waals surface area contributed by atoms with E-state index in [1.54, 1.807) is 0 Å². The molecular weight excluding hydrogens is 214 g/mol. The molecule has 3 nitrogen and oxygen atoms in total. The van der Waals surface area contributed by atoms with Crippen LogP contribution in [-0.2, 0) is 4.79 Å². The first-order chi connectivity index (χ1) is 7.58. The first kappa shape index (κ1) is 11.8. The smallest absolute Gasteiger partial charge is 0.252 e. The van der Waals surface area contributed by atoms with Gasteiger partial charge in [0.05, 0.1) is 0 Å². The Balaban J connectivity index is 1.60. The molecule has 16 heavy (non-hydrogen) atoms. The van der Waals surface area contributed by atoms with Crippen molar-refractivity contribution in [3.63, 3.8) is 0 Å². The molecular formula is C11H18F2N2O. The summed E-state index contributed by atoms with van der Waals surface area (Å²) in [4.78, 5) is 11.4. The van der Waals surface area contributed by atoms with Crippen molar-refractivity contribution >= 4 is 5.91 Å². The summed E-state index contributed by atoms with van der Waals surface area (Å²) in [5, 5.41) is 6.00. The summed E-state index contributed by atoms with van der Waals surface area (Å²) in [5.74, 6) is -3.00. The molecule has 1 aliphatic heterocycles. The van der Waals surface area contributed by atoms with Gasteiger partial charge in [0.25, 0.3) is 5.92 Å². The zero-order valence-corrected chi connectivity index (χ0v) is 9.27. The highest BCUT2D eigenvalue weighted by Gasteiger charge is 2.57. The van der Waals surface area contributed by atoms with Gasteiger partial charge in [-0.1, -0.05) is 0 Å². The summed E-state index contributed by atoms with van der Waals surface area (Å²) in [7, 11) is 0. The van der Waals surface area contributed by atoms with Crippen molar-refractivity contribution in [2.75, 3.05) is 19.6 Å². The molecule has 2 aliphatic rings. The quantitative estimate of drug-likeness (QED) is 0.763. The van der Waals surface area contributed by atoms with Gasteiger partial charge in [-0.15, -0.1) is 0 Å². The van der Waals surface area contributed by atoms with Crippen LogP contribution in [0, 0.1) is 11.8 Å². The standard InChI is InChI=1S/C11H18F2N2O/c12-11(13)6-9(11)5-10(16)15-7-8-1-3-14-4-2-8/h8-9,14H,1-7H2,(H,15,16)/t9-/m0/s1. The number of carbonyl (C=O) groups is 1. The highest BCUT2D eigenvalue weighted by Crippen LogP contribution is 2.50. The number of hydrogen-bond donors (Lipinski definition) is 2. The van der Waals surface area contributed by atoms with E-state index in [1.807, 2.05) is 0 Å². The molecule has 1 atom stereocenters. The van der Waals surface area contributed by atoms with Crippen LogP contribution in [0.1, 0.15) is 25.7 Å². The molecule has 92 valence electrons. The van der Waals surface area contributed by atoms with E-state index in [-0.39, 0.29) is 18.7 Å². The maximum Gasteiger partial charge on any atom is 0.252 e. The average molecular weight is 232 g/mol. The second kappa shape index (κ2) is 4.65. The minimum absolute atomic E-state index is 0.0159. The van der Waals surface area contributed by atoms with E-state index in [0.717, 1.165) is 25.9 Å². The summed E-state index contributed by atoms with van der Waals surface area (Å²) < 4.78 is 25.1. The van der Waals surface area contributed by atoms with Crippen LogP contribution >= 0.6 is 0 Å². The molecule has 1 saturated carbocycles. The van der Waals surface area contributed by atoms with Crippen molar-refractivity contribution in [1.29, 1.82) is 0 Å². The largest absolute Gasteiger partial charge is 0.356 e. The van der Waals surface area contributed by atoms with E-state index < -0.39 is 11.8 Å². The van der Waals surface area contributed by atoms with E-state index in [1.165, 1.54) is 0 Å². The molecule has 0 aromatic carbocycles. The number of alkyl halides is 2. The summed E-state index contributed by atoms with van der Waals surface area (Å²) in [6.45, 7) is 2.61. The van der Waals surface area contributed by atoms with Crippen molar-refractivity contribution < 1.29 is 13.6 Å². The normalized spacial score (nSPS) is 28.8. The number of rotatable bonds is 4. The van der Waals surface area contributed by atoms with Crippen molar-refractivity contribution in [3.05, 3.63) is 0 Å². The molecule has 2 rings (SSSR count). The lowest BCUT2D eigenvalue weighted by Gasteiger charge is -2.22. The van der Waals surface area contributed by atoms with Crippen molar-refractivity contribution in [2.24, 2.45) is 11.8 Å². The molecule has 5 heteroatoms. The van der Waals surface area contributed by atoms with Gasteiger partial charge in [-0.05, 0) is 31.8 Å². The number of piperidine rings is 1. The van der Waals surface area contributed by atoms with Crippen LogP contribution in [0.3, 0.4) is 0 Å². The van der Waals surface area contributed by atoms with Gasteiger partial charge < -0.3 is 10.6 Å². The van der Waals surface area contributed by atoms with Crippen LogP contribution in [0.5, 0.6) is 0 Å². The van der Waals surface area contributed by atoms with E-state index in [2.05, 4.69) is 10.6 Å². The van der Waals surface area contributed by atoms with Crippen LogP contribution in [0.2, 0.25) is 0 Å². The molecule has 2 fully saturated rings. The fraction of sp³-hybridized carbons (Fsp3) is 0.909. The zero-order valence-electron chi connectivity index (χ0n) is 9.27. The molecule has 1 saturated heterocycles. The first-order valence-electron chi connectivity index (χ1n) is 5.93. The molecule has 0 aromatic rings. The molecule has 0 bridgehead atoms. The second-order valence-electron chi connectivity index (χ2n) is 4.86. The Hall–Kier alpha value is -0.710. The number of amides is 1. The van der Waals surface area contributed by atoms with Crippen LogP contribution < -0.4 is 10.6 Å². The van der Waals surface area contributed by atoms with Crippen molar-refractivity contribution in [1.82, 2.24) is 10.6 Å². The fourth-order valence-corrected chi connectivity index (χ4v) is 2.13. The zero-order chi connectivity index (χ0) is 11.6. The van der Waals surface area contributed by atoms with Crippen LogP contribution in [-0.4, -0.2) is 31.5 Å². The minimum Gasteiger partial charge on any atom is -0.356 e. The Morgan fingerprint density at radius 2 is 2.00 bits per heavy atom. The predicted molar refractivity (Wildman–Crippen MR) is 56.3 cm³/mol. The lowest BCUT2D eigenvalue weighted by Crippen LogP contribution is -2.36. The van der Waals surface area contributed by atoms with Gasteiger partial charge in [0.15, 0.2) is 0 Å². The lowest BCUT2D eigenvalue weighted by atomic mass is 9.98. The van der Waals surface area contributed by atoms with Crippen LogP contribution in [0.25, 0.3) is 0 Å². The van der Waals surface area contributed by atoms with Crippen molar-refractivity contribution in [3.8, 4) is 0 Å². The van der Waals surface area contributed by atoms with Crippen molar-refractivity contribution in [2.45, 2.75) is 31.6 Å². The number of hydrogen-bond acceptors (Lipinski definition) is 2. The predicted octanol–water partition coefficient (Wildman–Crippen LogP) is 1.15. The fourth-order valence-electron chi connectivity index (χ4n) is 2.13. The van der Waals surface area contributed by atoms with Gasteiger partial charge in [0, 0.05) is 25.3 Å². The Bertz CT molecular complexity index is 265. The highest BCUT2D eigenvalue weighted by molar-refractivity contribution is 5.76. The summed E-state index contributed by atoms with van der Waals surface area (Å²) in [5.41, 5.74) is 0. The van der Waals surface area contributed by atoms with E-state index in [4.69, 9.17) is 0 Å². The summed E-state index contributed by atoms with van der Waals surface area (Å²) in [6, 6.07) is 0. The van der Waals surface area contributed by atoms with E-state index >= 15 is 0 Å². The Kier molecular flexibility index (Phi) is 3.42. The molecule has 1 amide bonds. The molecule has 0 radical (unpaired) electrons. The van der Waals surface area contributed by atoms with Gasteiger partial charge in [0.1, 0.15) is 0 Å². The highest BCUT2D eigenvalue weighted by atomic mass is 19.3. The Morgan fingerprint density at radius 1 is 1.38 bits per heavy atom. The third-order valence-electron chi connectivity index (χ3n) is 3.43.